The van der Waals surface area contributed by atoms with Crippen molar-refractivity contribution in [3.63, 3.8) is 0 Å². The molecule has 126 valence electrons. The molecular weight excluding hydrogens is 302 g/mol. The van der Waals surface area contributed by atoms with Crippen LogP contribution in [0.4, 0.5) is 0 Å². The Labute approximate surface area is 142 Å². The molecule has 24 heavy (non-hydrogen) atoms. The number of carbonyl (C=O) groups excluding carboxylic acids is 1. The van der Waals surface area contributed by atoms with Gasteiger partial charge in [-0.1, -0.05) is 6.07 Å². The van der Waals surface area contributed by atoms with Crippen molar-refractivity contribution in [2.24, 2.45) is 11.7 Å². The molecule has 1 atom stereocenters. The highest BCUT2D eigenvalue weighted by Crippen LogP contribution is 2.40. The first-order chi connectivity index (χ1) is 11.7. The van der Waals surface area contributed by atoms with E-state index in [4.69, 9.17) is 10.5 Å². The van der Waals surface area contributed by atoms with Crippen molar-refractivity contribution < 1.29 is 9.53 Å². The zero-order valence-corrected chi connectivity index (χ0v) is 13.9. The Hall–Kier alpha value is -2.40. The predicted molar refractivity (Wildman–Crippen MR) is 92.9 cm³/mol. The highest BCUT2D eigenvalue weighted by Gasteiger charge is 2.34. The molecule has 0 spiro atoms. The number of nitrogens with one attached hydrogen (secondary N) is 1. The number of aryl methyl sites for hydroxylation is 1. The number of hydrogen-bond acceptors (Lipinski definition) is 4. The van der Waals surface area contributed by atoms with Gasteiger partial charge in [-0.25, -0.2) is 0 Å². The van der Waals surface area contributed by atoms with E-state index in [0.717, 1.165) is 24.1 Å². The van der Waals surface area contributed by atoms with Gasteiger partial charge < -0.3 is 15.8 Å². The second-order valence-corrected chi connectivity index (χ2v) is 6.21. The average molecular weight is 325 g/mol. The number of aromatic nitrogens is 1. The van der Waals surface area contributed by atoms with Gasteiger partial charge in [0.15, 0.2) is 0 Å². The first kappa shape index (κ1) is 16.5. The third-order valence-corrected chi connectivity index (χ3v) is 4.12. The SMILES string of the molecule is Cc1ccnc([C@H](NC(=O)c2cccc(OCCN)c2)C2CC2)c1. The van der Waals surface area contributed by atoms with Crippen LogP contribution >= 0.6 is 0 Å². The lowest BCUT2D eigenvalue weighted by molar-refractivity contribution is 0.0930. The molecule has 0 saturated heterocycles. The highest BCUT2D eigenvalue weighted by molar-refractivity contribution is 5.94. The topological polar surface area (TPSA) is 77.2 Å². The van der Waals surface area contributed by atoms with E-state index < -0.39 is 0 Å². The molecule has 0 aliphatic heterocycles. The van der Waals surface area contributed by atoms with E-state index in [1.807, 2.05) is 31.2 Å². The van der Waals surface area contributed by atoms with Crippen LogP contribution in [0.2, 0.25) is 0 Å². The maximum absolute atomic E-state index is 12.7. The van der Waals surface area contributed by atoms with Crippen molar-refractivity contribution in [1.82, 2.24) is 10.3 Å². The number of hydrogen-bond donors (Lipinski definition) is 2. The van der Waals surface area contributed by atoms with Gasteiger partial charge in [0.1, 0.15) is 12.4 Å². The van der Waals surface area contributed by atoms with Gasteiger partial charge in [-0.05, 0) is 61.6 Å². The van der Waals surface area contributed by atoms with Crippen LogP contribution in [0.5, 0.6) is 5.75 Å². The number of carbonyl (C=O) groups is 1. The van der Waals surface area contributed by atoms with Gasteiger partial charge in [-0.2, -0.15) is 0 Å². The fraction of sp³-hybridized carbons (Fsp3) is 0.368. The third-order valence-electron chi connectivity index (χ3n) is 4.12. The summed E-state index contributed by atoms with van der Waals surface area (Å²) < 4.78 is 5.49. The van der Waals surface area contributed by atoms with Crippen molar-refractivity contribution in [2.45, 2.75) is 25.8 Å². The fourth-order valence-electron chi connectivity index (χ4n) is 2.72. The van der Waals surface area contributed by atoms with E-state index in [2.05, 4.69) is 10.3 Å². The molecule has 1 fully saturated rings. The number of pyridine rings is 1. The maximum Gasteiger partial charge on any atom is 0.251 e. The van der Waals surface area contributed by atoms with Crippen LogP contribution in [0.25, 0.3) is 0 Å². The van der Waals surface area contributed by atoms with Gasteiger partial charge in [0, 0.05) is 18.3 Å². The second-order valence-electron chi connectivity index (χ2n) is 6.21. The van der Waals surface area contributed by atoms with Crippen molar-refractivity contribution in [3.05, 3.63) is 59.4 Å². The first-order valence-electron chi connectivity index (χ1n) is 8.33. The summed E-state index contributed by atoms with van der Waals surface area (Å²) in [6.07, 6.45) is 4.05. The molecule has 1 aromatic carbocycles. The van der Waals surface area contributed by atoms with Gasteiger partial charge in [0.25, 0.3) is 5.91 Å². The van der Waals surface area contributed by atoms with Crippen LogP contribution in [0.1, 0.15) is 40.5 Å². The minimum Gasteiger partial charge on any atom is -0.492 e. The Balaban J connectivity index is 1.74. The molecule has 2 aromatic rings. The zero-order chi connectivity index (χ0) is 16.9. The van der Waals surface area contributed by atoms with Crippen LogP contribution in [-0.4, -0.2) is 24.0 Å². The van der Waals surface area contributed by atoms with Crippen LogP contribution in [0.15, 0.2) is 42.6 Å². The summed E-state index contributed by atoms with van der Waals surface area (Å²) in [7, 11) is 0. The molecule has 1 aliphatic rings. The van der Waals surface area contributed by atoms with E-state index in [0.29, 0.717) is 30.4 Å². The number of rotatable bonds is 7. The normalized spacial score (nSPS) is 14.9. The summed E-state index contributed by atoms with van der Waals surface area (Å²) in [6.45, 7) is 2.91. The minimum atomic E-state index is -0.103. The Morgan fingerprint density at radius 2 is 2.21 bits per heavy atom. The summed E-state index contributed by atoms with van der Waals surface area (Å²) in [5, 5.41) is 3.14. The smallest absolute Gasteiger partial charge is 0.251 e. The molecule has 1 aliphatic carbocycles. The molecule has 3 rings (SSSR count). The zero-order valence-electron chi connectivity index (χ0n) is 13.9. The van der Waals surface area contributed by atoms with Gasteiger partial charge >= 0.3 is 0 Å². The molecular formula is C19H23N3O2. The maximum atomic E-state index is 12.7. The van der Waals surface area contributed by atoms with Crippen molar-refractivity contribution in [3.8, 4) is 5.75 Å². The Bertz CT molecular complexity index is 713. The summed E-state index contributed by atoms with van der Waals surface area (Å²) in [4.78, 5) is 17.1. The molecule has 1 heterocycles. The van der Waals surface area contributed by atoms with E-state index in [-0.39, 0.29) is 11.9 Å². The predicted octanol–water partition coefficient (Wildman–Crippen LogP) is 2.61. The monoisotopic (exact) mass is 325 g/mol. The van der Waals surface area contributed by atoms with Crippen LogP contribution in [-0.2, 0) is 0 Å². The molecule has 0 unspecified atom stereocenters. The van der Waals surface area contributed by atoms with Gasteiger partial charge in [0.2, 0.25) is 0 Å². The lowest BCUT2D eigenvalue weighted by Gasteiger charge is -2.18. The standard InChI is InChI=1S/C19H23N3O2/c1-13-7-9-21-17(11-13)18(14-5-6-14)22-19(23)15-3-2-4-16(12-15)24-10-8-20/h2-4,7,9,11-12,14,18H,5-6,8,10,20H2,1H3,(H,22,23)/t18-/m1/s1. The van der Waals surface area contributed by atoms with Crippen molar-refractivity contribution >= 4 is 5.91 Å². The minimum absolute atomic E-state index is 0.0361. The Morgan fingerprint density at radius 3 is 2.92 bits per heavy atom. The third kappa shape index (κ3) is 4.11. The summed E-state index contributed by atoms with van der Waals surface area (Å²) in [5.74, 6) is 1.03. The highest BCUT2D eigenvalue weighted by atomic mass is 16.5. The summed E-state index contributed by atoms with van der Waals surface area (Å²) >= 11 is 0. The van der Waals surface area contributed by atoms with E-state index in [1.54, 1.807) is 18.3 Å². The van der Waals surface area contributed by atoms with E-state index in [9.17, 15) is 4.79 Å². The van der Waals surface area contributed by atoms with Gasteiger partial charge in [-0.3, -0.25) is 9.78 Å². The molecule has 5 heteroatoms. The quantitative estimate of drug-likeness (QED) is 0.820. The fourth-order valence-corrected chi connectivity index (χ4v) is 2.72. The molecule has 1 amide bonds. The number of ether oxygens (including phenoxy) is 1. The molecule has 0 bridgehead atoms. The van der Waals surface area contributed by atoms with Crippen LogP contribution < -0.4 is 15.8 Å². The number of benzene rings is 1. The number of nitrogens with zero attached hydrogens (tertiary/aromatic N) is 1. The number of nitrogens with two attached hydrogens (primary N) is 1. The summed E-state index contributed by atoms with van der Waals surface area (Å²) in [6, 6.07) is 11.2. The van der Waals surface area contributed by atoms with Gasteiger partial charge in [0.05, 0.1) is 11.7 Å². The molecule has 5 nitrogen and oxygen atoms in total. The number of amides is 1. The van der Waals surface area contributed by atoms with Crippen molar-refractivity contribution in [1.29, 1.82) is 0 Å². The van der Waals surface area contributed by atoms with E-state index >= 15 is 0 Å². The molecule has 1 saturated carbocycles. The van der Waals surface area contributed by atoms with Crippen LogP contribution in [0, 0.1) is 12.8 Å². The van der Waals surface area contributed by atoms with Crippen molar-refractivity contribution in [2.75, 3.05) is 13.2 Å². The molecule has 0 radical (unpaired) electrons. The Morgan fingerprint density at radius 1 is 1.38 bits per heavy atom. The first-order valence-corrected chi connectivity index (χ1v) is 8.33. The molecule has 3 N–H and O–H groups in total. The average Bonchev–Trinajstić information content (AvgIpc) is 3.43. The second kappa shape index (κ2) is 7.45. The van der Waals surface area contributed by atoms with Gasteiger partial charge in [-0.15, -0.1) is 0 Å². The lowest BCUT2D eigenvalue weighted by Crippen LogP contribution is -2.30. The largest absolute Gasteiger partial charge is 0.492 e. The van der Waals surface area contributed by atoms with Crippen LogP contribution in [0.3, 0.4) is 0 Å². The van der Waals surface area contributed by atoms with E-state index in [1.165, 1.54) is 0 Å². The summed E-state index contributed by atoms with van der Waals surface area (Å²) in [5.41, 5.74) is 8.11. The molecule has 1 aromatic heterocycles. The Kier molecular flexibility index (Phi) is 5.11. The lowest BCUT2D eigenvalue weighted by atomic mass is 10.1.